The molecule has 4 aliphatic heterocycles. The molecular weight excluding hydrogens is 747 g/mol. The summed E-state index contributed by atoms with van der Waals surface area (Å²) in [4.78, 5) is 98.1. The average molecular weight is 792 g/mol. The molecule has 0 saturated carbocycles. The van der Waals surface area contributed by atoms with Crippen molar-refractivity contribution < 1.29 is 38.7 Å². The number of benzene rings is 2. The van der Waals surface area contributed by atoms with Crippen LogP contribution in [0.1, 0.15) is 49.7 Å². The highest BCUT2D eigenvalue weighted by molar-refractivity contribution is 8.76. The Morgan fingerprint density at radius 1 is 0.764 bits per heavy atom. The number of amides is 7. The summed E-state index contributed by atoms with van der Waals surface area (Å²) < 4.78 is 0. The molecule has 292 valence electrons. The molecule has 4 saturated heterocycles. The molecular formula is C38H45N7O8S2. The number of nitrogens with zero attached hydrogens (tertiary/aromatic N) is 2. The average Bonchev–Trinajstić information content (AvgIpc) is 3.97. The maximum atomic E-state index is 14.2. The summed E-state index contributed by atoms with van der Waals surface area (Å²) in [5.74, 6) is -2.98. The Bertz CT molecular complexity index is 1800. The third-order valence-corrected chi connectivity index (χ3v) is 12.5. The van der Waals surface area contributed by atoms with Crippen LogP contribution in [-0.2, 0) is 40.0 Å². The maximum absolute atomic E-state index is 14.2. The van der Waals surface area contributed by atoms with Gasteiger partial charge in [0.25, 0.3) is 0 Å². The van der Waals surface area contributed by atoms with Gasteiger partial charge in [-0.05, 0) is 61.4 Å². The summed E-state index contributed by atoms with van der Waals surface area (Å²) in [6.45, 7) is 0.598. The summed E-state index contributed by atoms with van der Waals surface area (Å²) in [6, 6.07) is 9.78. The third kappa shape index (κ3) is 10.2. The van der Waals surface area contributed by atoms with E-state index < -0.39 is 65.8 Å². The van der Waals surface area contributed by atoms with Crippen LogP contribution in [0.2, 0.25) is 0 Å². The molecule has 7 amide bonds. The molecule has 0 aromatic heterocycles. The molecule has 6 N–H and O–H groups in total. The minimum atomic E-state index is -1.09. The molecule has 4 aliphatic rings. The van der Waals surface area contributed by atoms with Crippen molar-refractivity contribution in [3.63, 3.8) is 0 Å². The number of nitrogens with one attached hydrogen (secondary N) is 5. The van der Waals surface area contributed by atoms with Gasteiger partial charge in [-0.25, -0.2) is 0 Å². The van der Waals surface area contributed by atoms with Crippen LogP contribution in [-0.4, -0.2) is 117 Å². The first-order chi connectivity index (χ1) is 26.6. The van der Waals surface area contributed by atoms with Gasteiger partial charge in [0.1, 0.15) is 42.0 Å². The van der Waals surface area contributed by atoms with E-state index in [-0.39, 0.29) is 41.9 Å². The van der Waals surface area contributed by atoms with Gasteiger partial charge >= 0.3 is 0 Å². The molecule has 55 heavy (non-hydrogen) atoms. The number of fused-ring (bicyclic) bond motifs is 2. The van der Waals surface area contributed by atoms with Crippen LogP contribution in [0.4, 0.5) is 0 Å². The normalized spacial score (nSPS) is 26.8. The van der Waals surface area contributed by atoms with E-state index in [0.29, 0.717) is 50.8 Å². The van der Waals surface area contributed by atoms with Gasteiger partial charge in [-0.1, -0.05) is 64.1 Å². The number of phenols is 1. The maximum Gasteiger partial charge on any atom is 0.247 e. The van der Waals surface area contributed by atoms with Gasteiger partial charge in [-0.2, -0.15) is 0 Å². The molecule has 2 aromatic carbocycles. The van der Waals surface area contributed by atoms with Crippen LogP contribution in [0.3, 0.4) is 0 Å². The first kappa shape index (κ1) is 39.7. The molecule has 6 atom stereocenters. The Balaban J connectivity index is 1.27. The van der Waals surface area contributed by atoms with Gasteiger partial charge in [0.2, 0.25) is 41.4 Å². The van der Waals surface area contributed by atoms with Crippen molar-refractivity contribution in [3.05, 3.63) is 71.9 Å². The van der Waals surface area contributed by atoms with E-state index in [1.165, 1.54) is 49.7 Å². The Morgan fingerprint density at radius 3 is 2.16 bits per heavy atom. The van der Waals surface area contributed by atoms with Crippen LogP contribution in [0.5, 0.6) is 5.75 Å². The zero-order chi connectivity index (χ0) is 38.9. The van der Waals surface area contributed by atoms with Crippen molar-refractivity contribution >= 4 is 69.0 Å². The number of hydrogen-bond donors (Lipinski definition) is 6. The van der Waals surface area contributed by atoms with E-state index in [4.69, 9.17) is 0 Å². The first-order valence-corrected chi connectivity index (χ1v) is 20.9. The van der Waals surface area contributed by atoms with Gasteiger partial charge in [-0.3, -0.25) is 33.6 Å². The molecule has 0 spiro atoms. The van der Waals surface area contributed by atoms with Gasteiger partial charge < -0.3 is 41.5 Å². The van der Waals surface area contributed by atoms with Crippen LogP contribution in [0, 0.1) is 0 Å². The molecule has 15 nitrogen and oxygen atoms in total. The van der Waals surface area contributed by atoms with E-state index >= 15 is 0 Å². The fraction of sp³-hybridized carbons (Fsp3) is 0.447. The van der Waals surface area contributed by atoms with Crippen molar-refractivity contribution in [2.45, 2.75) is 81.2 Å². The lowest BCUT2D eigenvalue weighted by Gasteiger charge is -2.33. The van der Waals surface area contributed by atoms with E-state index in [1.807, 2.05) is 30.3 Å². The minimum Gasteiger partial charge on any atom is -0.508 e. The first-order valence-electron chi connectivity index (χ1n) is 18.4. The molecule has 0 bridgehead atoms. The lowest BCUT2D eigenvalue weighted by Crippen LogP contribution is -2.59. The molecule has 6 unspecified atom stereocenters. The SMILES string of the molecule is O=C1CCC(C(=O)NC2CSSCC(C(=O)NC=Cc3ccc(O)cc3)NC(=O)C(Cc3ccccc3)NC(=O)C3CCCN3C(=O)C3CCCN3C2=O)N1. The van der Waals surface area contributed by atoms with E-state index in [9.17, 15) is 38.7 Å². The molecule has 0 aliphatic carbocycles. The number of carbonyl (C=O) groups is 7. The molecule has 0 radical (unpaired) electrons. The Kier molecular flexibility index (Phi) is 13.4. The van der Waals surface area contributed by atoms with Crippen LogP contribution < -0.4 is 26.6 Å². The number of rotatable bonds is 7. The van der Waals surface area contributed by atoms with Gasteiger partial charge in [0.15, 0.2) is 0 Å². The monoisotopic (exact) mass is 791 g/mol. The van der Waals surface area contributed by atoms with Crippen molar-refractivity contribution in [2.24, 2.45) is 0 Å². The molecule has 6 rings (SSSR count). The summed E-state index contributed by atoms with van der Waals surface area (Å²) in [5, 5.41) is 23.4. The Hall–Kier alpha value is -5.03. The highest BCUT2D eigenvalue weighted by Gasteiger charge is 2.44. The Morgan fingerprint density at radius 2 is 1.45 bits per heavy atom. The highest BCUT2D eigenvalue weighted by Crippen LogP contribution is 2.29. The van der Waals surface area contributed by atoms with Crippen molar-refractivity contribution in [2.75, 3.05) is 24.6 Å². The summed E-state index contributed by atoms with van der Waals surface area (Å²) in [7, 11) is 2.43. The summed E-state index contributed by atoms with van der Waals surface area (Å²) in [6.07, 6.45) is 5.55. The summed E-state index contributed by atoms with van der Waals surface area (Å²) >= 11 is 0. The van der Waals surface area contributed by atoms with E-state index in [0.717, 1.165) is 5.56 Å². The zero-order valence-corrected chi connectivity index (χ0v) is 31.7. The van der Waals surface area contributed by atoms with Crippen molar-refractivity contribution in [3.8, 4) is 5.75 Å². The van der Waals surface area contributed by atoms with Crippen molar-refractivity contribution in [1.29, 1.82) is 0 Å². The summed E-state index contributed by atoms with van der Waals surface area (Å²) in [5.41, 5.74) is 1.49. The molecule has 17 heteroatoms. The van der Waals surface area contributed by atoms with Crippen molar-refractivity contribution in [1.82, 2.24) is 36.4 Å². The second kappa shape index (κ2) is 18.5. The van der Waals surface area contributed by atoms with Gasteiger partial charge in [0, 0.05) is 43.6 Å². The molecule has 2 aromatic rings. The number of hydrogen-bond acceptors (Lipinski definition) is 10. The quantitative estimate of drug-likeness (QED) is 0.218. The Labute approximate surface area is 326 Å². The molecule has 4 fully saturated rings. The fourth-order valence-electron chi connectivity index (χ4n) is 7.16. The lowest BCUT2D eigenvalue weighted by atomic mass is 10.0. The smallest absolute Gasteiger partial charge is 0.247 e. The number of carbonyl (C=O) groups excluding carboxylic acids is 7. The van der Waals surface area contributed by atoms with Gasteiger partial charge in [-0.15, -0.1) is 0 Å². The van der Waals surface area contributed by atoms with Crippen LogP contribution >= 0.6 is 21.6 Å². The third-order valence-electron chi connectivity index (χ3n) is 10.1. The second-order valence-electron chi connectivity index (χ2n) is 13.9. The van der Waals surface area contributed by atoms with Crippen LogP contribution in [0.15, 0.2) is 60.8 Å². The minimum absolute atomic E-state index is 0.0516. The van der Waals surface area contributed by atoms with Gasteiger partial charge in [0.05, 0.1) is 0 Å². The van der Waals surface area contributed by atoms with E-state index in [2.05, 4.69) is 26.6 Å². The molecule has 4 heterocycles. The predicted molar refractivity (Wildman–Crippen MR) is 207 cm³/mol. The highest BCUT2D eigenvalue weighted by atomic mass is 33.1. The zero-order valence-electron chi connectivity index (χ0n) is 30.1. The number of aromatic hydroxyl groups is 1. The lowest BCUT2D eigenvalue weighted by molar-refractivity contribution is -0.148. The predicted octanol–water partition coefficient (Wildman–Crippen LogP) is 0.832. The van der Waals surface area contributed by atoms with Crippen LogP contribution in [0.25, 0.3) is 6.08 Å². The fourth-order valence-corrected chi connectivity index (χ4v) is 9.48. The largest absolute Gasteiger partial charge is 0.508 e. The van der Waals surface area contributed by atoms with E-state index in [1.54, 1.807) is 18.2 Å². The second-order valence-corrected chi connectivity index (χ2v) is 16.5. The standard InChI is InChI=1S/C38H45N7O8S2/c46-25-12-10-23(11-13-25)16-17-39-33(48)28-21-54-55-22-29(43-34(49)26-14-15-32(47)40-26)37(52)45-19-5-9-31(45)38(53)44-18-4-8-30(44)36(51)41-27(35(50)42-28)20-24-6-2-1-3-7-24/h1-3,6-7,10-13,16-17,26-31,46H,4-5,8-9,14-15,18-22H2,(H,39,48)(H,40,47)(H,41,51)(H,42,50)(H,43,49). The topological polar surface area (TPSA) is 206 Å². The number of phenolic OH excluding ortho intramolecular Hbond substituents is 1.